The van der Waals surface area contributed by atoms with Crippen molar-refractivity contribution in [1.82, 2.24) is 14.5 Å². The Hall–Kier alpha value is -3.28. The number of Topliss-reactive ketones (excluding diaryl/α,β-unsaturated/α-hetero) is 1. The number of ketones is 1. The van der Waals surface area contributed by atoms with Crippen molar-refractivity contribution in [2.24, 2.45) is 17.3 Å². The minimum Gasteiger partial charge on any atom is -0.444 e. The number of hydrogen-bond donors (Lipinski definition) is 1. The third-order valence-electron chi connectivity index (χ3n) is 10.6. The summed E-state index contributed by atoms with van der Waals surface area (Å²) in [5.41, 5.74) is -0.0615. The van der Waals surface area contributed by atoms with Crippen LogP contribution in [0.15, 0.2) is 30.4 Å². The van der Waals surface area contributed by atoms with Gasteiger partial charge in [0, 0.05) is 30.9 Å². The smallest absolute Gasteiger partial charge is 0.410 e. The maximum atomic E-state index is 14.3. The van der Waals surface area contributed by atoms with Gasteiger partial charge in [-0.3, -0.25) is 24.0 Å². The Labute approximate surface area is 263 Å². The molecule has 45 heavy (non-hydrogen) atoms. The van der Waals surface area contributed by atoms with Gasteiger partial charge in [-0.15, -0.1) is 0 Å². The van der Waals surface area contributed by atoms with Gasteiger partial charge in [0.25, 0.3) is 0 Å². The molecular weight excluding hydrogens is 601 g/mol. The number of rotatable bonds is 4. The molecule has 2 aliphatic carbocycles. The molecule has 0 radical (unpaired) electrons. The number of nitrogens with zero attached hydrogens (tertiary/aromatic N) is 2. The monoisotopic (exact) mass is 643 g/mol. The summed E-state index contributed by atoms with van der Waals surface area (Å²) in [7, 11) is -3.90. The van der Waals surface area contributed by atoms with E-state index < -0.39 is 44.3 Å². The average molecular weight is 644 g/mol. The third kappa shape index (κ3) is 6.14. The predicted octanol–water partition coefficient (Wildman–Crippen LogP) is 4.37. The van der Waals surface area contributed by atoms with Gasteiger partial charge >= 0.3 is 6.09 Å². The lowest BCUT2D eigenvalue weighted by Gasteiger charge is -2.28. The van der Waals surface area contributed by atoms with Gasteiger partial charge in [0.15, 0.2) is 5.78 Å². The molecular formula is C33H42FN3O7S. The molecule has 1 saturated heterocycles. The van der Waals surface area contributed by atoms with Crippen molar-refractivity contribution >= 4 is 33.7 Å². The van der Waals surface area contributed by atoms with E-state index in [0.29, 0.717) is 36.8 Å². The zero-order chi connectivity index (χ0) is 32.1. The van der Waals surface area contributed by atoms with E-state index in [4.69, 9.17) is 4.74 Å². The van der Waals surface area contributed by atoms with Crippen molar-refractivity contribution < 1.29 is 36.7 Å². The second-order valence-corrected chi connectivity index (χ2v) is 16.1. The van der Waals surface area contributed by atoms with Crippen LogP contribution in [0.4, 0.5) is 9.18 Å². The van der Waals surface area contributed by atoms with Gasteiger partial charge in [-0.2, -0.15) is 0 Å². The van der Waals surface area contributed by atoms with Crippen molar-refractivity contribution in [2.45, 2.75) is 108 Å². The molecule has 6 rings (SSSR count). The highest BCUT2D eigenvalue weighted by Crippen LogP contribution is 2.57. The topological polar surface area (TPSA) is 130 Å². The molecule has 3 aliphatic heterocycles. The number of ether oxygens (including phenoxy) is 1. The Morgan fingerprint density at radius 3 is 2.62 bits per heavy atom. The van der Waals surface area contributed by atoms with Crippen LogP contribution in [0.5, 0.6) is 0 Å². The number of hydrogen-bond acceptors (Lipinski definition) is 7. The fourth-order valence-electron chi connectivity index (χ4n) is 7.07. The standard InChI is InChI=1S/C33H42FN3O7S/c1-21-9-6-4-3-5-7-11-23-16-33(23,30(40)35-45(42,43)32(2)13-14-32)17-28(38)27-15-24(19-37(27)29(21)39)44-31(41)36-18-22-10-8-12-26(34)25(22)20-36/h7-8,10-12,21,23-24,27H,3-6,9,13-20H2,1-2H3,(H,35,40)/b11-7-/t21-,23+,24+,27-,33+/m0/s1. The van der Waals surface area contributed by atoms with Gasteiger partial charge in [-0.25, -0.2) is 17.6 Å². The number of sulfonamides is 1. The Morgan fingerprint density at radius 1 is 1.11 bits per heavy atom. The Balaban J connectivity index is 1.21. The first-order valence-electron chi connectivity index (χ1n) is 16.1. The molecule has 1 aromatic rings. The fraction of sp³-hybridized carbons (Fsp3) is 0.636. The summed E-state index contributed by atoms with van der Waals surface area (Å²) in [6, 6.07) is 3.80. The molecule has 10 nitrogen and oxygen atoms in total. The molecule has 0 spiro atoms. The third-order valence-corrected chi connectivity index (χ3v) is 12.7. The Morgan fingerprint density at radius 2 is 1.89 bits per heavy atom. The first-order chi connectivity index (χ1) is 21.3. The van der Waals surface area contributed by atoms with Crippen molar-refractivity contribution in [2.75, 3.05) is 6.54 Å². The van der Waals surface area contributed by atoms with Crippen LogP contribution >= 0.6 is 0 Å². The normalized spacial score (nSPS) is 32.0. The maximum Gasteiger partial charge on any atom is 0.410 e. The van der Waals surface area contributed by atoms with E-state index in [-0.39, 0.29) is 61.8 Å². The van der Waals surface area contributed by atoms with Crippen LogP contribution in [0.3, 0.4) is 0 Å². The zero-order valence-electron chi connectivity index (χ0n) is 25.9. The lowest BCUT2D eigenvalue weighted by molar-refractivity contribution is -0.141. The molecule has 12 heteroatoms. The maximum absolute atomic E-state index is 14.3. The summed E-state index contributed by atoms with van der Waals surface area (Å²) in [6.45, 7) is 3.76. The highest BCUT2D eigenvalue weighted by Gasteiger charge is 2.62. The van der Waals surface area contributed by atoms with E-state index in [0.717, 1.165) is 25.7 Å². The van der Waals surface area contributed by atoms with E-state index in [1.54, 1.807) is 19.1 Å². The molecule has 1 N–H and O–H groups in total. The van der Waals surface area contributed by atoms with Crippen LogP contribution in [0, 0.1) is 23.1 Å². The fourth-order valence-corrected chi connectivity index (χ4v) is 8.40. The summed E-state index contributed by atoms with van der Waals surface area (Å²) in [5.74, 6) is -2.24. The molecule has 3 fully saturated rings. The molecule has 3 heterocycles. The van der Waals surface area contributed by atoms with Gasteiger partial charge in [0.1, 0.15) is 11.9 Å². The largest absolute Gasteiger partial charge is 0.444 e. The van der Waals surface area contributed by atoms with Crippen molar-refractivity contribution in [1.29, 1.82) is 0 Å². The quantitative estimate of drug-likeness (QED) is 0.483. The molecule has 2 saturated carbocycles. The van der Waals surface area contributed by atoms with E-state index in [9.17, 15) is 32.0 Å². The number of halogens is 1. The number of nitrogens with one attached hydrogen (secondary N) is 1. The van der Waals surface area contributed by atoms with Crippen LogP contribution in [0.2, 0.25) is 0 Å². The molecule has 3 amide bonds. The number of allylic oxidation sites excluding steroid dienone is 2. The minimum atomic E-state index is -3.90. The molecule has 5 aliphatic rings. The van der Waals surface area contributed by atoms with Gasteiger partial charge in [0.05, 0.1) is 29.3 Å². The second-order valence-electron chi connectivity index (χ2n) is 13.9. The minimum absolute atomic E-state index is 0.0374. The van der Waals surface area contributed by atoms with Crippen LogP contribution < -0.4 is 4.72 Å². The molecule has 0 aromatic heterocycles. The lowest BCUT2D eigenvalue weighted by Crippen LogP contribution is -2.46. The molecule has 1 aromatic carbocycles. The van der Waals surface area contributed by atoms with Crippen LogP contribution in [-0.2, 0) is 42.2 Å². The molecule has 0 unspecified atom stereocenters. The van der Waals surface area contributed by atoms with E-state index in [1.807, 2.05) is 19.1 Å². The van der Waals surface area contributed by atoms with Gasteiger partial charge in [0.2, 0.25) is 21.8 Å². The number of amides is 3. The summed E-state index contributed by atoms with van der Waals surface area (Å²) >= 11 is 0. The number of carbonyl (C=O) groups is 4. The summed E-state index contributed by atoms with van der Waals surface area (Å²) < 4.78 is 47.3. The van der Waals surface area contributed by atoms with Gasteiger partial charge in [-0.1, -0.05) is 44.1 Å². The SMILES string of the molecule is C[C@H]1CCCCC/C=C\[C@@H]2C[C@@]2(C(=O)NS(=O)(=O)C2(C)CC2)CC(=O)[C@@H]2C[C@@H](OC(=O)N3Cc4cccc(F)c4C3)CN2C1=O. The van der Waals surface area contributed by atoms with E-state index in [2.05, 4.69) is 4.72 Å². The number of benzene rings is 1. The van der Waals surface area contributed by atoms with Crippen LogP contribution in [-0.4, -0.2) is 65.3 Å². The molecule has 5 atom stereocenters. The van der Waals surface area contributed by atoms with E-state index >= 15 is 0 Å². The van der Waals surface area contributed by atoms with Crippen molar-refractivity contribution in [3.05, 3.63) is 47.3 Å². The molecule has 0 bridgehead atoms. The zero-order valence-corrected chi connectivity index (χ0v) is 26.7. The average Bonchev–Trinajstić information content (AvgIpc) is 3.78. The Kier molecular flexibility index (Phi) is 8.33. The number of fused-ring (bicyclic) bond motifs is 3. The first-order valence-corrected chi connectivity index (χ1v) is 17.6. The van der Waals surface area contributed by atoms with Crippen LogP contribution in [0.1, 0.15) is 89.2 Å². The summed E-state index contributed by atoms with van der Waals surface area (Å²) in [6.07, 6.45) is 7.84. The van der Waals surface area contributed by atoms with Gasteiger partial charge < -0.3 is 9.64 Å². The van der Waals surface area contributed by atoms with Gasteiger partial charge in [-0.05, 0) is 63.0 Å². The summed E-state index contributed by atoms with van der Waals surface area (Å²) in [5, 5.41) is 0. The molecule has 244 valence electrons. The highest BCUT2D eigenvalue weighted by molar-refractivity contribution is 7.91. The van der Waals surface area contributed by atoms with Crippen molar-refractivity contribution in [3.63, 3.8) is 0 Å². The highest BCUT2D eigenvalue weighted by atomic mass is 32.2. The predicted molar refractivity (Wildman–Crippen MR) is 162 cm³/mol. The van der Waals surface area contributed by atoms with Crippen molar-refractivity contribution in [3.8, 4) is 0 Å². The van der Waals surface area contributed by atoms with Crippen LogP contribution in [0.25, 0.3) is 0 Å². The lowest BCUT2D eigenvalue weighted by atomic mass is 9.91. The number of carbonyl (C=O) groups excluding carboxylic acids is 4. The summed E-state index contributed by atoms with van der Waals surface area (Å²) in [4.78, 5) is 57.4. The first kappa shape index (κ1) is 31.7. The van der Waals surface area contributed by atoms with E-state index in [1.165, 1.54) is 15.9 Å². The second kappa shape index (κ2) is 11.8. The Bertz CT molecular complexity index is 1540.